The van der Waals surface area contributed by atoms with Crippen LogP contribution in [0.5, 0.6) is 0 Å². The molecule has 1 N–H and O–H groups in total. The number of furan rings is 1. The highest BCUT2D eigenvalue weighted by atomic mass is 32.2. The summed E-state index contributed by atoms with van der Waals surface area (Å²) >= 11 is 0. The van der Waals surface area contributed by atoms with Crippen LogP contribution in [0.3, 0.4) is 0 Å². The lowest BCUT2D eigenvalue weighted by molar-refractivity contribution is 0.0558. The van der Waals surface area contributed by atoms with Gasteiger partial charge in [0.1, 0.15) is 0 Å². The van der Waals surface area contributed by atoms with Gasteiger partial charge in [-0.3, -0.25) is 4.90 Å². The monoisotopic (exact) mass is 352 g/mol. The molecule has 0 atom stereocenters. The number of carbonyl (C=O) groups excluding carboxylic acids is 1. The van der Waals surface area contributed by atoms with Crippen LogP contribution in [0.15, 0.2) is 21.6 Å². The molecular weight excluding hydrogens is 334 g/mol. The SMILES string of the molecule is COC(=O)c1ccc(S(=O)(=O)NC2CCN(CC(F)F)CC2)o1. The summed E-state index contributed by atoms with van der Waals surface area (Å²) in [7, 11) is -2.76. The molecular formula is C13H18F2N2O5S. The molecule has 2 rings (SSSR count). The van der Waals surface area contributed by atoms with Gasteiger partial charge >= 0.3 is 5.97 Å². The lowest BCUT2D eigenvalue weighted by Gasteiger charge is -2.31. The molecule has 1 aromatic rings. The molecule has 1 fully saturated rings. The van der Waals surface area contributed by atoms with E-state index in [1.54, 1.807) is 4.90 Å². The van der Waals surface area contributed by atoms with Gasteiger partial charge < -0.3 is 9.15 Å². The predicted octanol–water partition coefficient (Wildman–Crippen LogP) is 1.07. The van der Waals surface area contributed by atoms with Crippen molar-refractivity contribution in [2.75, 3.05) is 26.7 Å². The summed E-state index contributed by atoms with van der Waals surface area (Å²) in [6.45, 7) is 0.478. The number of hydrogen-bond donors (Lipinski definition) is 1. The number of methoxy groups -OCH3 is 1. The minimum Gasteiger partial charge on any atom is -0.463 e. The summed E-state index contributed by atoms with van der Waals surface area (Å²) in [6, 6.07) is 2.02. The lowest BCUT2D eigenvalue weighted by atomic mass is 10.1. The first-order valence-electron chi connectivity index (χ1n) is 7.03. The number of esters is 1. The van der Waals surface area contributed by atoms with Gasteiger partial charge in [-0.1, -0.05) is 0 Å². The van der Waals surface area contributed by atoms with E-state index in [0.29, 0.717) is 25.9 Å². The largest absolute Gasteiger partial charge is 0.463 e. The third-order valence-electron chi connectivity index (χ3n) is 3.54. The molecule has 0 amide bonds. The molecule has 7 nitrogen and oxygen atoms in total. The number of sulfonamides is 1. The van der Waals surface area contributed by atoms with Crippen molar-refractivity contribution in [1.29, 1.82) is 0 Å². The zero-order valence-corrected chi connectivity index (χ0v) is 13.3. The molecule has 0 radical (unpaired) electrons. The van der Waals surface area contributed by atoms with Crippen molar-refractivity contribution >= 4 is 16.0 Å². The van der Waals surface area contributed by atoms with Crippen molar-refractivity contribution in [3.8, 4) is 0 Å². The molecule has 0 unspecified atom stereocenters. The predicted molar refractivity (Wildman–Crippen MR) is 75.8 cm³/mol. The van der Waals surface area contributed by atoms with E-state index in [0.717, 1.165) is 7.11 Å². The quantitative estimate of drug-likeness (QED) is 0.771. The van der Waals surface area contributed by atoms with Gasteiger partial charge in [-0.2, -0.15) is 0 Å². The Bertz CT molecular complexity index is 639. The van der Waals surface area contributed by atoms with Crippen LogP contribution in [0.25, 0.3) is 0 Å². The van der Waals surface area contributed by atoms with Gasteiger partial charge in [-0.25, -0.2) is 26.7 Å². The van der Waals surface area contributed by atoms with Crippen molar-refractivity contribution < 1.29 is 31.1 Å². The molecule has 1 aromatic heterocycles. The van der Waals surface area contributed by atoms with Crippen LogP contribution in [0, 0.1) is 0 Å². The van der Waals surface area contributed by atoms with E-state index < -0.39 is 22.4 Å². The van der Waals surface area contributed by atoms with Gasteiger partial charge in [-0.15, -0.1) is 0 Å². The maximum atomic E-state index is 12.3. The fraction of sp³-hybridized carbons (Fsp3) is 0.615. The number of likely N-dealkylation sites (tertiary alicyclic amines) is 1. The van der Waals surface area contributed by atoms with Crippen molar-refractivity contribution in [3.63, 3.8) is 0 Å². The fourth-order valence-corrected chi connectivity index (χ4v) is 3.62. The summed E-state index contributed by atoms with van der Waals surface area (Å²) in [5.74, 6) is -0.980. The highest BCUT2D eigenvalue weighted by molar-refractivity contribution is 7.89. The van der Waals surface area contributed by atoms with Gasteiger partial charge in [0.25, 0.3) is 16.4 Å². The third-order valence-corrected chi connectivity index (χ3v) is 4.93. The Labute approximate surface area is 132 Å². The van der Waals surface area contributed by atoms with E-state index in [2.05, 4.69) is 9.46 Å². The first kappa shape index (κ1) is 17.8. The number of ether oxygens (including phenoxy) is 1. The van der Waals surface area contributed by atoms with Crippen molar-refractivity contribution in [2.45, 2.75) is 30.4 Å². The number of alkyl halides is 2. The average molecular weight is 352 g/mol. The maximum Gasteiger partial charge on any atom is 0.374 e. The molecule has 0 spiro atoms. The molecule has 2 heterocycles. The van der Waals surface area contributed by atoms with Crippen LogP contribution in [0.2, 0.25) is 0 Å². The zero-order chi connectivity index (χ0) is 17.0. The Balaban J connectivity index is 1.94. The fourth-order valence-electron chi connectivity index (χ4n) is 2.38. The normalized spacial score (nSPS) is 17.6. The minimum atomic E-state index is -3.91. The lowest BCUT2D eigenvalue weighted by Crippen LogP contribution is -2.45. The molecule has 0 aromatic carbocycles. The first-order valence-corrected chi connectivity index (χ1v) is 8.51. The molecule has 1 aliphatic rings. The second kappa shape index (κ2) is 7.37. The Morgan fingerprint density at radius 3 is 2.65 bits per heavy atom. The third kappa shape index (κ3) is 4.72. The van der Waals surface area contributed by atoms with E-state index in [1.807, 2.05) is 0 Å². The highest BCUT2D eigenvalue weighted by Gasteiger charge is 2.28. The van der Waals surface area contributed by atoms with Gasteiger partial charge in [0.2, 0.25) is 10.9 Å². The zero-order valence-electron chi connectivity index (χ0n) is 12.5. The summed E-state index contributed by atoms with van der Waals surface area (Å²) in [5.41, 5.74) is 0. The van der Waals surface area contributed by atoms with Gasteiger partial charge in [0, 0.05) is 6.04 Å². The summed E-state index contributed by atoms with van der Waals surface area (Å²) in [5, 5.41) is -0.382. The molecule has 0 bridgehead atoms. The molecule has 1 aliphatic heterocycles. The molecule has 0 aliphatic carbocycles. The molecule has 0 saturated carbocycles. The first-order chi connectivity index (χ1) is 10.8. The van der Waals surface area contributed by atoms with E-state index >= 15 is 0 Å². The Kier molecular flexibility index (Phi) is 5.71. The summed E-state index contributed by atoms with van der Waals surface area (Å²) < 4.78 is 60.9. The van der Waals surface area contributed by atoms with E-state index in [9.17, 15) is 22.0 Å². The van der Waals surface area contributed by atoms with Crippen LogP contribution in [-0.4, -0.2) is 58.5 Å². The summed E-state index contributed by atoms with van der Waals surface area (Å²) in [6.07, 6.45) is -1.55. The maximum absolute atomic E-state index is 12.3. The second-order valence-corrected chi connectivity index (χ2v) is 6.84. The molecule has 1 saturated heterocycles. The van der Waals surface area contributed by atoms with E-state index in [4.69, 9.17) is 4.42 Å². The standard InChI is InChI=1S/C13H18F2N2O5S/c1-21-13(18)10-2-3-12(22-10)23(19,20)16-9-4-6-17(7-5-9)8-11(14)15/h2-3,9,11,16H,4-8H2,1H3. The number of nitrogens with one attached hydrogen (secondary N) is 1. The van der Waals surface area contributed by atoms with Gasteiger partial charge in [0.15, 0.2) is 0 Å². The molecule has 23 heavy (non-hydrogen) atoms. The second-order valence-electron chi connectivity index (χ2n) is 5.20. The minimum absolute atomic E-state index is 0.209. The van der Waals surface area contributed by atoms with Crippen molar-refractivity contribution in [1.82, 2.24) is 9.62 Å². The number of rotatable bonds is 6. The number of piperidine rings is 1. The Morgan fingerprint density at radius 2 is 2.09 bits per heavy atom. The van der Waals surface area contributed by atoms with Gasteiger partial charge in [-0.05, 0) is 38.1 Å². The number of halogens is 2. The number of nitrogens with zero attached hydrogens (tertiary/aromatic N) is 1. The van der Waals surface area contributed by atoms with Crippen LogP contribution in [0.4, 0.5) is 8.78 Å². The van der Waals surface area contributed by atoms with E-state index in [-0.39, 0.29) is 23.4 Å². The Morgan fingerprint density at radius 1 is 1.43 bits per heavy atom. The number of hydrogen-bond acceptors (Lipinski definition) is 6. The van der Waals surface area contributed by atoms with Crippen molar-refractivity contribution in [3.05, 3.63) is 17.9 Å². The van der Waals surface area contributed by atoms with Crippen LogP contribution < -0.4 is 4.72 Å². The smallest absolute Gasteiger partial charge is 0.374 e. The van der Waals surface area contributed by atoms with Crippen molar-refractivity contribution in [2.24, 2.45) is 0 Å². The van der Waals surface area contributed by atoms with Gasteiger partial charge in [0.05, 0.1) is 13.7 Å². The average Bonchev–Trinajstić information content (AvgIpc) is 2.98. The highest BCUT2D eigenvalue weighted by Crippen LogP contribution is 2.18. The molecule has 10 heteroatoms. The summed E-state index contributed by atoms with van der Waals surface area (Å²) in [4.78, 5) is 12.9. The topological polar surface area (TPSA) is 88.8 Å². The Hall–Kier alpha value is -1.52. The van der Waals surface area contributed by atoms with Crippen LogP contribution in [0.1, 0.15) is 23.4 Å². The van der Waals surface area contributed by atoms with Crippen LogP contribution in [-0.2, 0) is 14.8 Å². The molecule has 130 valence electrons. The van der Waals surface area contributed by atoms with E-state index in [1.165, 1.54) is 12.1 Å². The van der Waals surface area contributed by atoms with Crippen LogP contribution >= 0.6 is 0 Å². The number of carbonyl (C=O) groups is 1.